The second-order valence-corrected chi connectivity index (χ2v) is 17.8. The van der Waals surface area contributed by atoms with Gasteiger partial charge in [0.1, 0.15) is 11.0 Å². The van der Waals surface area contributed by atoms with E-state index in [0.29, 0.717) is 11.8 Å². The van der Waals surface area contributed by atoms with Crippen molar-refractivity contribution in [1.82, 2.24) is 9.97 Å². The summed E-state index contributed by atoms with van der Waals surface area (Å²) in [5, 5.41) is 0. The third-order valence-corrected chi connectivity index (χ3v) is 12.8. The minimum atomic E-state index is 0.571. The van der Waals surface area contributed by atoms with Gasteiger partial charge in [0.15, 0.2) is 17.1 Å². The van der Waals surface area contributed by atoms with Gasteiger partial charge >= 0.3 is 0 Å². The lowest BCUT2D eigenvalue weighted by atomic mass is 9.98. The Balaban J connectivity index is 0.000000223. The molecule has 6 nitrogen and oxygen atoms in total. The summed E-state index contributed by atoms with van der Waals surface area (Å²) in [5.74, 6) is 1.25. The molecule has 0 atom stereocenters. The number of anilines is 6. The van der Waals surface area contributed by atoms with Gasteiger partial charge in [-0.3, -0.25) is 0 Å². The van der Waals surface area contributed by atoms with Crippen molar-refractivity contribution < 1.29 is 8.83 Å². The predicted octanol–water partition coefficient (Wildman–Crippen LogP) is 19.1. The van der Waals surface area contributed by atoms with Gasteiger partial charge in [0, 0.05) is 47.1 Å². The number of rotatable bonds is 12. The summed E-state index contributed by atoms with van der Waals surface area (Å²) < 4.78 is 11.7. The molecule has 0 aliphatic carbocycles. The highest BCUT2D eigenvalue weighted by atomic mass is 16.4. The number of oxazole rings is 2. The van der Waals surface area contributed by atoms with Crippen molar-refractivity contribution in [1.29, 1.82) is 0 Å². The highest BCUT2D eigenvalue weighted by Gasteiger charge is 2.14. The molecule has 12 rings (SSSR count). The first-order valence-electron chi connectivity index (χ1n) is 24.8. The Kier molecular flexibility index (Phi) is 13.7. The highest BCUT2D eigenvalue weighted by Crippen LogP contribution is 2.37. The van der Waals surface area contributed by atoms with Gasteiger partial charge < -0.3 is 18.6 Å². The van der Waals surface area contributed by atoms with Crippen molar-refractivity contribution >= 4 is 74.6 Å². The fourth-order valence-electron chi connectivity index (χ4n) is 9.16. The van der Waals surface area contributed by atoms with Crippen LogP contribution in [-0.4, -0.2) is 9.97 Å². The molecule has 0 spiro atoms. The molecule has 0 unspecified atom stereocenters. The molecule has 74 heavy (non-hydrogen) atoms. The van der Waals surface area contributed by atoms with Crippen LogP contribution in [-0.2, 0) is 0 Å². The van der Waals surface area contributed by atoms with Crippen molar-refractivity contribution in [3.05, 3.63) is 284 Å². The molecule has 0 N–H and O–H groups in total. The predicted molar refractivity (Wildman–Crippen MR) is 309 cm³/mol. The van der Waals surface area contributed by atoms with Crippen molar-refractivity contribution in [2.45, 2.75) is 13.8 Å². The summed E-state index contributed by atoms with van der Waals surface area (Å²) in [6.45, 7) is 3.91. The SMILES string of the molecule is CC=Cc1ccc(N(c2ccccc2)c2ccccc2)cc1.Cc1nc2cc(-c3ccc(-c4ccc(-c5ccc6oc(C=Cc7ccc(N(c8ccccc8)c8ccccc8)cc7)nc6c5)cc4)cc3)ccc2o1. The molecule has 6 heteroatoms. The first kappa shape index (κ1) is 46.6. The molecule has 0 saturated carbocycles. The minimum absolute atomic E-state index is 0.571. The van der Waals surface area contributed by atoms with Crippen LogP contribution in [0.3, 0.4) is 0 Å². The van der Waals surface area contributed by atoms with Crippen molar-refractivity contribution in [3.63, 3.8) is 0 Å². The fourth-order valence-corrected chi connectivity index (χ4v) is 9.16. The van der Waals surface area contributed by atoms with Crippen LogP contribution in [0.25, 0.3) is 73.8 Å². The zero-order valence-electron chi connectivity index (χ0n) is 41.2. The Morgan fingerprint density at radius 1 is 0.324 bits per heavy atom. The maximum absolute atomic E-state index is 6.08. The maximum atomic E-state index is 6.08. The third kappa shape index (κ3) is 10.6. The zero-order valence-corrected chi connectivity index (χ0v) is 41.2. The van der Waals surface area contributed by atoms with Gasteiger partial charge in [-0.1, -0.05) is 170 Å². The monoisotopic (exact) mass is 956 g/mol. The van der Waals surface area contributed by atoms with Gasteiger partial charge in [-0.2, -0.15) is 0 Å². The van der Waals surface area contributed by atoms with Gasteiger partial charge in [-0.05, 0) is 155 Å². The van der Waals surface area contributed by atoms with Crippen LogP contribution in [0.4, 0.5) is 34.1 Å². The molecule has 0 saturated heterocycles. The van der Waals surface area contributed by atoms with Crippen LogP contribution in [0, 0.1) is 6.92 Å². The number of nitrogens with zero attached hydrogens (tertiary/aromatic N) is 4. The number of allylic oxidation sites excluding steroid dienone is 1. The summed E-state index contributed by atoms with van der Waals surface area (Å²) in [7, 11) is 0. The molecule has 0 bridgehead atoms. The summed E-state index contributed by atoms with van der Waals surface area (Å²) in [6.07, 6.45) is 8.13. The molecule has 356 valence electrons. The fraction of sp³-hybridized carbons (Fsp3) is 0.0294. The van der Waals surface area contributed by atoms with Gasteiger partial charge in [0.05, 0.1) is 0 Å². The molecule has 0 fully saturated rings. The number of hydrogen-bond acceptors (Lipinski definition) is 6. The van der Waals surface area contributed by atoms with Gasteiger partial charge in [0.2, 0.25) is 5.89 Å². The van der Waals surface area contributed by atoms with E-state index in [4.69, 9.17) is 13.8 Å². The van der Waals surface area contributed by atoms with E-state index < -0.39 is 0 Å². The Morgan fingerprint density at radius 2 is 0.662 bits per heavy atom. The van der Waals surface area contributed by atoms with Crippen LogP contribution in [0.1, 0.15) is 29.8 Å². The molecule has 10 aromatic carbocycles. The zero-order chi connectivity index (χ0) is 50.1. The second-order valence-electron chi connectivity index (χ2n) is 17.8. The Hall–Kier alpha value is -9.78. The molecule has 2 aromatic heterocycles. The Morgan fingerprint density at radius 3 is 1.07 bits per heavy atom. The quantitative estimate of drug-likeness (QED) is 0.122. The molecule has 12 aromatic rings. The lowest BCUT2D eigenvalue weighted by Crippen LogP contribution is -2.09. The van der Waals surface area contributed by atoms with Crippen molar-refractivity contribution in [2.75, 3.05) is 9.80 Å². The van der Waals surface area contributed by atoms with E-state index in [9.17, 15) is 0 Å². The van der Waals surface area contributed by atoms with E-state index in [1.807, 2.05) is 62.4 Å². The van der Waals surface area contributed by atoms with E-state index in [1.54, 1.807) is 0 Å². The van der Waals surface area contributed by atoms with Crippen molar-refractivity contribution in [2.24, 2.45) is 0 Å². The van der Waals surface area contributed by atoms with E-state index in [2.05, 4.69) is 245 Å². The number of aromatic nitrogens is 2. The molecule has 0 aliphatic rings. The van der Waals surface area contributed by atoms with E-state index in [-0.39, 0.29) is 0 Å². The van der Waals surface area contributed by atoms with Crippen LogP contribution in [0.2, 0.25) is 0 Å². The molecule has 0 amide bonds. The standard InChI is InChI=1S/C47H33N3O2.C21H19N/c1-32-48-43-30-38(23-27-45(43)51-32)36-19-15-34(16-20-36)35-17-21-37(22-18-35)39-24-28-46-44(31-39)49-47(52-46)29-14-33-12-25-42(26-13-33)50(40-8-4-2-5-9-40)41-10-6-3-7-11-41;1-2-9-18-14-16-21(17-15-18)22(19-10-5-3-6-11-19)20-12-7-4-8-13-20/h2-31H,1H3;2-17H,1H3. The van der Waals surface area contributed by atoms with Crippen LogP contribution < -0.4 is 9.80 Å². The molecular formula is C68H52N4O2. The van der Waals surface area contributed by atoms with Gasteiger partial charge in [-0.15, -0.1) is 0 Å². The average molecular weight is 957 g/mol. The minimum Gasteiger partial charge on any atom is -0.441 e. The highest BCUT2D eigenvalue weighted by molar-refractivity contribution is 5.85. The summed E-state index contributed by atoms with van der Waals surface area (Å²) in [5.41, 5.74) is 19.1. The summed E-state index contributed by atoms with van der Waals surface area (Å²) in [6, 6.07) is 88.4. The first-order chi connectivity index (χ1) is 36.5. The Bertz CT molecular complexity index is 3730. The van der Waals surface area contributed by atoms with E-state index in [1.165, 1.54) is 5.56 Å². The van der Waals surface area contributed by atoms with Crippen LogP contribution >= 0.6 is 0 Å². The number of benzene rings is 10. The van der Waals surface area contributed by atoms with Crippen LogP contribution in [0.15, 0.2) is 270 Å². The Labute approximate surface area is 432 Å². The summed E-state index contributed by atoms with van der Waals surface area (Å²) in [4.78, 5) is 13.8. The van der Waals surface area contributed by atoms with E-state index >= 15 is 0 Å². The molecule has 0 radical (unpaired) electrons. The lowest BCUT2D eigenvalue weighted by Gasteiger charge is -2.25. The topological polar surface area (TPSA) is 58.5 Å². The molecule has 0 aliphatic heterocycles. The van der Waals surface area contributed by atoms with Gasteiger partial charge in [-0.25, -0.2) is 9.97 Å². The number of para-hydroxylation sites is 4. The van der Waals surface area contributed by atoms with Gasteiger partial charge in [0.25, 0.3) is 0 Å². The average Bonchev–Trinajstić information content (AvgIpc) is 4.06. The number of aryl methyl sites for hydroxylation is 1. The lowest BCUT2D eigenvalue weighted by molar-refractivity contribution is 0.561. The van der Waals surface area contributed by atoms with Crippen molar-refractivity contribution in [3.8, 4) is 33.4 Å². The number of fused-ring (bicyclic) bond motifs is 2. The smallest absolute Gasteiger partial charge is 0.220 e. The van der Waals surface area contributed by atoms with Crippen LogP contribution in [0.5, 0.6) is 0 Å². The normalized spacial score (nSPS) is 11.3. The molecular weight excluding hydrogens is 905 g/mol. The number of hydrogen-bond donors (Lipinski definition) is 0. The first-order valence-corrected chi connectivity index (χ1v) is 24.8. The third-order valence-electron chi connectivity index (χ3n) is 12.8. The molecule has 2 heterocycles. The largest absolute Gasteiger partial charge is 0.441 e. The van der Waals surface area contributed by atoms with E-state index in [0.717, 1.165) is 95.3 Å². The second kappa shape index (κ2) is 21.7. The summed E-state index contributed by atoms with van der Waals surface area (Å²) >= 11 is 0. The maximum Gasteiger partial charge on any atom is 0.220 e.